The Morgan fingerprint density at radius 1 is 1.32 bits per heavy atom. The molecule has 0 aliphatic carbocycles. The molecule has 0 aliphatic rings. The second kappa shape index (κ2) is 10.9. The average molecular weight is 471 g/mol. The summed E-state index contributed by atoms with van der Waals surface area (Å²) in [6.45, 7) is 5.94. The van der Waals surface area contributed by atoms with Crippen LogP contribution < -0.4 is 20.1 Å². The first-order chi connectivity index (χ1) is 13.5. The van der Waals surface area contributed by atoms with Crippen LogP contribution in [0.2, 0.25) is 5.02 Å². The van der Waals surface area contributed by atoms with Gasteiger partial charge in [0.2, 0.25) is 0 Å². The molecule has 2 rings (SSSR count). The zero-order chi connectivity index (χ0) is 20.5. The Bertz CT molecular complexity index is 848. The average Bonchev–Trinajstić information content (AvgIpc) is 2.67. The number of nitro groups is 1. The van der Waals surface area contributed by atoms with Crippen molar-refractivity contribution >= 4 is 38.9 Å². The summed E-state index contributed by atoms with van der Waals surface area (Å²) in [5.41, 5.74) is 1.65. The molecular weight excluding hydrogens is 450 g/mol. The van der Waals surface area contributed by atoms with E-state index in [1.807, 2.05) is 12.1 Å². The fraction of sp³-hybridized carbons (Fsp3) is 0.263. The van der Waals surface area contributed by atoms with Crippen LogP contribution in [0.5, 0.6) is 11.5 Å². The van der Waals surface area contributed by atoms with Crippen LogP contribution in [0.3, 0.4) is 0 Å². The Labute approximate surface area is 177 Å². The van der Waals surface area contributed by atoms with E-state index in [4.69, 9.17) is 21.1 Å². The molecule has 0 saturated heterocycles. The summed E-state index contributed by atoms with van der Waals surface area (Å²) < 4.78 is 11.8. The van der Waals surface area contributed by atoms with E-state index in [0.29, 0.717) is 48.5 Å². The normalized spacial score (nSPS) is 10.4. The van der Waals surface area contributed by atoms with Crippen LogP contribution >= 0.6 is 27.5 Å². The van der Waals surface area contributed by atoms with E-state index in [2.05, 4.69) is 33.1 Å². The number of hydrogen-bond acceptors (Lipinski definition) is 6. The summed E-state index contributed by atoms with van der Waals surface area (Å²) in [5.74, 6) is 1.28. The van der Waals surface area contributed by atoms with Crippen molar-refractivity contribution in [1.82, 2.24) is 5.32 Å². The monoisotopic (exact) mass is 469 g/mol. The van der Waals surface area contributed by atoms with Crippen molar-refractivity contribution in [3.8, 4) is 11.5 Å². The van der Waals surface area contributed by atoms with Crippen LogP contribution in [0.25, 0.3) is 0 Å². The molecule has 0 fully saturated rings. The molecule has 0 amide bonds. The number of benzene rings is 2. The van der Waals surface area contributed by atoms with Gasteiger partial charge >= 0.3 is 0 Å². The molecule has 28 heavy (non-hydrogen) atoms. The summed E-state index contributed by atoms with van der Waals surface area (Å²) in [6.07, 6.45) is 1.67. The fourth-order valence-electron chi connectivity index (χ4n) is 2.44. The molecule has 0 heterocycles. The van der Waals surface area contributed by atoms with Crippen LogP contribution in [0, 0.1) is 10.1 Å². The number of halogens is 2. The lowest BCUT2D eigenvalue weighted by atomic mass is 10.2. The Balaban J connectivity index is 1.86. The number of rotatable bonds is 11. The SMILES string of the molecule is C=CCOc1c(Br)cc(CNCCNc2ccc([N+](=O)[O-])cc2Cl)cc1OC. The summed E-state index contributed by atoms with van der Waals surface area (Å²) in [4.78, 5) is 10.3. The number of hydrogen-bond donors (Lipinski definition) is 2. The lowest BCUT2D eigenvalue weighted by Crippen LogP contribution is -2.22. The third-order valence-corrected chi connectivity index (χ3v) is 4.65. The highest BCUT2D eigenvalue weighted by Crippen LogP contribution is 2.36. The Kier molecular flexibility index (Phi) is 8.56. The van der Waals surface area contributed by atoms with Crippen molar-refractivity contribution in [1.29, 1.82) is 0 Å². The molecule has 0 bridgehead atoms. The van der Waals surface area contributed by atoms with Crippen molar-refractivity contribution in [3.63, 3.8) is 0 Å². The molecule has 0 spiro atoms. The first kappa shape index (κ1) is 22.0. The van der Waals surface area contributed by atoms with Gasteiger partial charge in [0.1, 0.15) is 6.61 Å². The van der Waals surface area contributed by atoms with Gasteiger partial charge in [-0.3, -0.25) is 10.1 Å². The molecule has 2 N–H and O–H groups in total. The standard InChI is InChI=1S/C19H21BrClN3O4/c1-3-8-28-19-15(20)9-13(10-18(19)27-2)12-22-6-7-23-17-5-4-14(24(25)26)11-16(17)21/h3-5,9-11,22-23H,1,6-8,12H2,2H3. The molecule has 0 saturated carbocycles. The maximum Gasteiger partial charge on any atom is 0.271 e. The van der Waals surface area contributed by atoms with E-state index < -0.39 is 4.92 Å². The minimum atomic E-state index is -0.475. The van der Waals surface area contributed by atoms with Gasteiger partial charge in [-0.1, -0.05) is 24.3 Å². The van der Waals surface area contributed by atoms with E-state index in [1.54, 1.807) is 19.3 Å². The van der Waals surface area contributed by atoms with E-state index >= 15 is 0 Å². The van der Waals surface area contributed by atoms with Gasteiger partial charge in [0.25, 0.3) is 5.69 Å². The van der Waals surface area contributed by atoms with Gasteiger partial charge in [-0.25, -0.2) is 0 Å². The van der Waals surface area contributed by atoms with Gasteiger partial charge < -0.3 is 20.1 Å². The molecule has 150 valence electrons. The summed E-state index contributed by atoms with van der Waals surface area (Å²) in [7, 11) is 1.59. The zero-order valence-corrected chi connectivity index (χ0v) is 17.7. The van der Waals surface area contributed by atoms with E-state index in [9.17, 15) is 10.1 Å². The van der Waals surface area contributed by atoms with Gasteiger partial charge in [0.05, 0.1) is 27.2 Å². The second-order valence-corrected chi connectivity index (χ2v) is 7.00. The number of nitrogens with one attached hydrogen (secondary N) is 2. The molecule has 0 aliphatic heterocycles. The largest absolute Gasteiger partial charge is 0.493 e. The number of ether oxygens (including phenoxy) is 2. The minimum absolute atomic E-state index is 0.0336. The van der Waals surface area contributed by atoms with Gasteiger partial charge in [-0.2, -0.15) is 0 Å². The van der Waals surface area contributed by atoms with Crippen LogP contribution in [0.15, 0.2) is 47.5 Å². The molecular formula is C19H21BrClN3O4. The molecule has 0 unspecified atom stereocenters. The van der Waals surface area contributed by atoms with Gasteiger partial charge in [-0.05, 0) is 39.7 Å². The lowest BCUT2D eigenvalue weighted by molar-refractivity contribution is -0.384. The maximum atomic E-state index is 10.7. The third kappa shape index (κ3) is 6.12. The molecule has 2 aromatic rings. The molecule has 0 atom stereocenters. The van der Waals surface area contributed by atoms with Gasteiger partial charge in [0.15, 0.2) is 11.5 Å². The van der Waals surface area contributed by atoms with Gasteiger partial charge in [-0.15, -0.1) is 0 Å². The number of nitro benzene ring substituents is 1. The van der Waals surface area contributed by atoms with E-state index in [0.717, 1.165) is 10.0 Å². The minimum Gasteiger partial charge on any atom is -0.493 e. The highest BCUT2D eigenvalue weighted by molar-refractivity contribution is 9.10. The predicted molar refractivity (Wildman–Crippen MR) is 115 cm³/mol. The van der Waals surface area contributed by atoms with Crippen LogP contribution in [0.4, 0.5) is 11.4 Å². The van der Waals surface area contributed by atoms with E-state index in [1.165, 1.54) is 12.1 Å². The number of nitrogens with zero attached hydrogens (tertiary/aromatic N) is 1. The highest BCUT2D eigenvalue weighted by Gasteiger charge is 2.11. The van der Waals surface area contributed by atoms with E-state index in [-0.39, 0.29) is 5.69 Å². The lowest BCUT2D eigenvalue weighted by Gasteiger charge is -2.14. The first-order valence-corrected chi connectivity index (χ1v) is 9.62. The number of methoxy groups -OCH3 is 1. The van der Waals surface area contributed by atoms with Crippen LogP contribution in [-0.4, -0.2) is 31.7 Å². The topological polar surface area (TPSA) is 85.7 Å². The summed E-state index contributed by atoms with van der Waals surface area (Å²) in [5, 5.41) is 17.5. The molecule has 0 radical (unpaired) electrons. The van der Waals surface area contributed by atoms with Crippen molar-refractivity contribution in [2.75, 3.05) is 32.1 Å². The van der Waals surface area contributed by atoms with Crippen LogP contribution in [-0.2, 0) is 6.54 Å². The Hall–Kier alpha value is -2.29. The first-order valence-electron chi connectivity index (χ1n) is 8.45. The Morgan fingerprint density at radius 2 is 2.11 bits per heavy atom. The van der Waals surface area contributed by atoms with Crippen molar-refractivity contribution < 1.29 is 14.4 Å². The summed E-state index contributed by atoms with van der Waals surface area (Å²) in [6, 6.07) is 8.23. The number of anilines is 1. The molecule has 7 nitrogen and oxygen atoms in total. The number of non-ortho nitro benzene ring substituents is 1. The van der Waals surface area contributed by atoms with Crippen molar-refractivity contribution in [2.24, 2.45) is 0 Å². The smallest absolute Gasteiger partial charge is 0.271 e. The second-order valence-electron chi connectivity index (χ2n) is 5.73. The molecule has 0 aromatic heterocycles. The maximum absolute atomic E-state index is 10.7. The summed E-state index contributed by atoms with van der Waals surface area (Å²) >= 11 is 9.56. The van der Waals surface area contributed by atoms with Crippen LogP contribution in [0.1, 0.15) is 5.56 Å². The van der Waals surface area contributed by atoms with Crippen molar-refractivity contribution in [3.05, 3.63) is 68.2 Å². The quantitative estimate of drug-likeness (QED) is 0.213. The fourth-order valence-corrected chi connectivity index (χ4v) is 3.28. The third-order valence-electron chi connectivity index (χ3n) is 3.74. The highest BCUT2D eigenvalue weighted by atomic mass is 79.9. The Morgan fingerprint density at radius 3 is 2.75 bits per heavy atom. The molecule has 2 aromatic carbocycles. The predicted octanol–water partition coefficient (Wildman–Crippen LogP) is 4.79. The van der Waals surface area contributed by atoms with Gasteiger partial charge in [0, 0.05) is 31.8 Å². The zero-order valence-electron chi connectivity index (χ0n) is 15.3. The molecule has 9 heteroatoms. The van der Waals surface area contributed by atoms with Crippen molar-refractivity contribution in [2.45, 2.75) is 6.54 Å².